The van der Waals surface area contributed by atoms with Crippen LogP contribution in [-0.2, 0) is 4.79 Å². The van der Waals surface area contributed by atoms with Crippen molar-refractivity contribution in [1.29, 1.82) is 0 Å². The molecule has 80 valence electrons. The van der Waals surface area contributed by atoms with E-state index in [2.05, 4.69) is 18.2 Å². The highest BCUT2D eigenvalue weighted by Gasteiger charge is 2.44. The maximum atomic E-state index is 11.7. The van der Waals surface area contributed by atoms with E-state index in [-0.39, 0.29) is 11.3 Å². The molecule has 1 amide bonds. The average molecular weight is 223 g/mol. The van der Waals surface area contributed by atoms with Gasteiger partial charge in [-0.15, -0.1) is 0 Å². The number of carbonyl (C=O) groups is 1. The molecule has 1 aromatic rings. The van der Waals surface area contributed by atoms with Crippen LogP contribution in [0.2, 0.25) is 0 Å². The summed E-state index contributed by atoms with van der Waals surface area (Å²) in [5, 5.41) is 2.88. The highest BCUT2D eigenvalue weighted by molar-refractivity contribution is 7.75. The van der Waals surface area contributed by atoms with Gasteiger partial charge in [-0.2, -0.15) is 0 Å². The Kier molecular flexibility index (Phi) is 2.61. The maximum Gasteiger partial charge on any atom is 0.230 e. The second-order valence-electron chi connectivity index (χ2n) is 4.13. The van der Waals surface area contributed by atoms with Crippen LogP contribution in [-0.4, -0.2) is 5.91 Å². The van der Waals surface area contributed by atoms with Gasteiger partial charge in [0.05, 0.1) is 0 Å². The van der Waals surface area contributed by atoms with Crippen LogP contribution < -0.4 is 9.50 Å². The number of anilines is 1. The van der Waals surface area contributed by atoms with Gasteiger partial charge in [0.25, 0.3) is 0 Å². The first-order valence-electron chi connectivity index (χ1n) is 4.87. The minimum atomic E-state index is -0.140. The Balaban J connectivity index is 2.01. The molecule has 0 heterocycles. The van der Waals surface area contributed by atoms with Crippen molar-refractivity contribution in [3.63, 3.8) is 0 Å². The molecule has 1 aliphatic carbocycles. The molecule has 3 nitrogen and oxygen atoms in total. The molecule has 4 heteroatoms. The molecule has 1 fully saturated rings. The Morgan fingerprint density at radius 2 is 2.00 bits per heavy atom. The zero-order chi connectivity index (χ0) is 10.9. The molecule has 15 heavy (non-hydrogen) atoms. The Morgan fingerprint density at radius 3 is 2.47 bits per heavy atom. The Morgan fingerprint density at radius 1 is 1.40 bits per heavy atom. The van der Waals surface area contributed by atoms with Crippen molar-refractivity contribution >= 4 is 24.5 Å². The zero-order valence-electron chi connectivity index (χ0n) is 8.49. The molecule has 1 aromatic carbocycles. The highest BCUT2D eigenvalue weighted by atomic mass is 32.1. The zero-order valence-corrected chi connectivity index (χ0v) is 9.38. The maximum absolute atomic E-state index is 11.7. The number of thiol groups is 1. The minimum Gasteiger partial charge on any atom is -0.429 e. The molecule has 0 saturated heterocycles. The third-order valence-corrected chi connectivity index (χ3v) is 2.98. The van der Waals surface area contributed by atoms with Crippen molar-refractivity contribution in [2.75, 3.05) is 5.32 Å². The first kappa shape index (κ1) is 10.4. The molecule has 0 aliphatic heterocycles. The van der Waals surface area contributed by atoms with Crippen molar-refractivity contribution in [3.8, 4) is 5.75 Å². The van der Waals surface area contributed by atoms with Crippen molar-refractivity contribution < 1.29 is 8.98 Å². The van der Waals surface area contributed by atoms with Crippen LogP contribution in [0.4, 0.5) is 5.69 Å². The molecular formula is C11H13NO2S. The van der Waals surface area contributed by atoms with E-state index >= 15 is 0 Å². The largest absolute Gasteiger partial charge is 0.429 e. The predicted molar refractivity (Wildman–Crippen MR) is 62.0 cm³/mol. The second kappa shape index (κ2) is 3.77. The highest BCUT2D eigenvalue weighted by Crippen LogP contribution is 2.45. The van der Waals surface area contributed by atoms with E-state index in [4.69, 9.17) is 4.18 Å². The first-order valence-corrected chi connectivity index (χ1v) is 5.23. The number of nitrogens with one attached hydrogen (secondary N) is 1. The number of rotatable bonds is 3. The lowest BCUT2D eigenvalue weighted by Gasteiger charge is -2.09. The number of benzene rings is 1. The van der Waals surface area contributed by atoms with Gasteiger partial charge >= 0.3 is 0 Å². The van der Waals surface area contributed by atoms with E-state index in [0.717, 1.165) is 18.5 Å². The van der Waals surface area contributed by atoms with E-state index in [0.29, 0.717) is 5.75 Å². The van der Waals surface area contributed by atoms with E-state index in [9.17, 15) is 4.79 Å². The Labute approximate surface area is 94.4 Å². The summed E-state index contributed by atoms with van der Waals surface area (Å²) in [6, 6.07) is 7.13. The molecule has 1 N–H and O–H groups in total. The molecule has 0 aromatic heterocycles. The lowest BCUT2D eigenvalue weighted by molar-refractivity contribution is -0.120. The Bertz CT molecular complexity index is 371. The van der Waals surface area contributed by atoms with Crippen molar-refractivity contribution in [1.82, 2.24) is 0 Å². The van der Waals surface area contributed by atoms with Gasteiger partial charge in [-0.25, -0.2) is 0 Å². The fraction of sp³-hybridized carbons (Fsp3) is 0.364. The van der Waals surface area contributed by atoms with Crippen molar-refractivity contribution in [3.05, 3.63) is 24.3 Å². The summed E-state index contributed by atoms with van der Waals surface area (Å²) >= 11 is 3.68. The average Bonchev–Trinajstić information content (AvgIpc) is 2.99. The second-order valence-corrected chi connectivity index (χ2v) is 4.31. The minimum absolute atomic E-state index is 0.0991. The van der Waals surface area contributed by atoms with Gasteiger partial charge in [0, 0.05) is 24.0 Å². The molecule has 2 rings (SSSR count). The first-order chi connectivity index (χ1) is 7.14. The molecule has 0 radical (unpaired) electrons. The van der Waals surface area contributed by atoms with E-state index in [1.54, 1.807) is 24.3 Å². The summed E-state index contributed by atoms with van der Waals surface area (Å²) in [7, 11) is 0. The molecule has 0 atom stereocenters. The van der Waals surface area contributed by atoms with Crippen LogP contribution in [0.5, 0.6) is 5.75 Å². The van der Waals surface area contributed by atoms with Gasteiger partial charge in [-0.1, -0.05) is 6.92 Å². The van der Waals surface area contributed by atoms with Gasteiger partial charge < -0.3 is 9.50 Å². The molecule has 0 bridgehead atoms. The number of hydrogen-bond acceptors (Lipinski definition) is 3. The normalized spacial score (nSPS) is 16.9. The van der Waals surface area contributed by atoms with Gasteiger partial charge in [-0.3, -0.25) is 4.79 Å². The standard InChI is InChI=1S/C11H13NO2S/c1-11(6-7-11)10(13)12-8-2-4-9(14-15)5-3-8/h2-5,15H,6-7H2,1H3,(H,12,13). The fourth-order valence-electron chi connectivity index (χ4n) is 1.30. The van der Waals surface area contributed by atoms with Crippen molar-refractivity contribution in [2.45, 2.75) is 19.8 Å². The van der Waals surface area contributed by atoms with E-state index in [1.165, 1.54) is 0 Å². The SMILES string of the molecule is CC1(C(=O)Nc2ccc(OS)cc2)CC1. The number of carbonyl (C=O) groups excluding carboxylic acids is 1. The van der Waals surface area contributed by atoms with Crippen LogP contribution in [0, 0.1) is 5.41 Å². The van der Waals surface area contributed by atoms with Crippen LogP contribution in [0.1, 0.15) is 19.8 Å². The van der Waals surface area contributed by atoms with E-state index < -0.39 is 0 Å². The number of hydrogen-bond donors (Lipinski definition) is 2. The molecule has 0 spiro atoms. The molecule has 1 saturated carbocycles. The summed E-state index contributed by atoms with van der Waals surface area (Å²) < 4.78 is 4.74. The van der Waals surface area contributed by atoms with Gasteiger partial charge in [0.2, 0.25) is 5.91 Å². The molecular weight excluding hydrogens is 210 g/mol. The lowest BCUT2D eigenvalue weighted by Crippen LogP contribution is -2.21. The van der Waals surface area contributed by atoms with Gasteiger partial charge in [0.15, 0.2) is 0 Å². The topological polar surface area (TPSA) is 38.3 Å². The van der Waals surface area contributed by atoms with Crippen LogP contribution in [0.15, 0.2) is 24.3 Å². The summed E-state index contributed by atoms with van der Waals surface area (Å²) in [6.07, 6.45) is 1.97. The summed E-state index contributed by atoms with van der Waals surface area (Å²) in [4.78, 5) is 11.7. The quantitative estimate of drug-likeness (QED) is 0.610. The summed E-state index contributed by atoms with van der Waals surface area (Å²) in [5.41, 5.74) is 0.654. The summed E-state index contributed by atoms with van der Waals surface area (Å²) in [6.45, 7) is 1.98. The third kappa shape index (κ3) is 2.26. The van der Waals surface area contributed by atoms with Gasteiger partial charge in [-0.05, 0) is 37.1 Å². The predicted octanol–water partition coefficient (Wildman–Crippen LogP) is 2.65. The van der Waals surface area contributed by atoms with Crippen LogP contribution >= 0.6 is 12.9 Å². The van der Waals surface area contributed by atoms with Gasteiger partial charge in [0.1, 0.15) is 5.75 Å². The van der Waals surface area contributed by atoms with E-state index in [1.807, 2.05) is 6.92 Å². The third-order valence-electron chi connectivity index (χ3n) is 2.77. The molecule has 0 unspecified atom stereocenters. The monoisotopic (exact) mass is 223 g/mol. The number of amides is 1. The Hall–Kier alpha value is -1.16. The lowest BCUT2D eigenvalue weighted by atomic mass is 10.1. The van der Waals surface area contributed by atoms with Crippen molar-refractivity contribution in [2.24, 2.45) is 5.41 Å². The van der Waals surface area contributed by atoms with Crippen LogP contribution in [0.3, 0.4) is 0 Å². The van der Waals surface area contributed by atoms with Crippen LogP contribution in [0.25, 0.3) is 0 Å². The smallest absolute Gasteiger partial charge is 0.230 e. The fourth-order valence-corrected chi connectivity index (χ4v) is 1.42. The molecule has 1 aliphatic rings. The summed E-state index contributed by atoms with van der Waals surface area (Å²) in [5.74, 6) is 0.760.